The summed E-state index contributed by atoms with van der Waals surface area (Å²) >= 11 is 1.65. The predicted octanol–water partition coefficient (Wildman–Crippen LogP) is 3.90. The fraction of sp³-hybridized carbons (Fsp3) is 0.368. The van der Waals surface area contributed by atoms with Crippen LogP contribution < -0.4 is 0 Å². The highest BCUT2D eigenvalue weighted by Crippen LogP contribution is 2.27. The summed E-state index contributed by atoms with van der Waals surface area (Å²) in [6.07, 6.45) is 5.92. The Labute approximate surface area is 142 Å². The van der Waals surface area contributed by atoms with Gasteiger partial charge in [0.15, 0.2) is 5.78 Å². The summed E-state index contributed by atoms with van der Waals surface area (Å²) in [4.78, 5) is 20.8. The molecule has 120 valence electrons. The molecule has 1 atom stereocenters. The Kier molecular flexibility index (Phi) is 5.47. The molecular formula is C19H22N2OS. The number of Topliss-reactive ketones (excluding diaryl/α,β-unsaturated/α-hetero) is 1. The van der Waals surface area contributed by atoms with E-state index in [-0.39, 0.29) is 5.92 Å². The number of carbonyl (C=O) groups excluding carboxylic acids is 1. The van der Waals surface area contributed by atoms with Gasteiger partial charge in [-0.1, -0.05) is 24.3 Å². The molecule has 0 saturated carbocycles. The lowest BCUT2D eigenvalue weighted by molar-refractivity contribution is 0.0807. The molecule has 3 nitrogen and oxygen atoms in total. The van der Waals surface area contributed by atoms with E-state index in [1.165, 1.54) is 0 Å². The first kappa shape index (κ1) is 16.2. The minimum atomic E-state index is 0.0979. The number of ketones is 1. The van der Waals surface area contributed by atoms with Crippen LogP contribution in [-0.2, 0) is 6.54 Å². The first-order valence-corrected chi connectivity index (χ1v) is 9.30. The van der Waals surface area contributed by atoms with Gasteiger partial charge in [-0.15, -0.1) is 11.8 Å². The normalized spacial score (nSPS) is 18.7. The summed E-state index contributed by atoms with van der Waals surface area (Å²) in [5, 5.41) is 0. The Morgan fingerprint density at radius 1 is 1.26 bits per heavy atom. The predicted molar refractivity (Wildman–Crippen MR) is 94.8 cm³/mol. The molecule has 0 aliphatic carbocycles. The highest BCUT2D eigenvalue weighted by Gasteiger charge is 2.27. The number of piperidine rings is 1. The van der Waals surface area contributed by atoms with E-state index in [1.807, 2.05) is 48.9 Å². The molecule has 1 aromatic carbocycles. The molecule has 0 N–H and O–H groups in total. The van der Waals surface area contributed by atoms with Crippen LogP contribution in [0.25, 0.3) is 0 Å². The zero-order chi connectivity index (χ0) is 16.1. The Morgan fingerprint density at radius 2 is 2.09 bits per heavy atom. The standard InChI is InChI=1S/C19H22N2OS/c1-23-18-10-3-2-9-17(18)19(22)15-7-6-12-21(13-15)14-16-8-4-5-11-20-16/h2-5,8-11,15H,6-7,12-14H2,1H3/t15-/m0/s1. The molecule has 2 aromatic rings. The number of aromatic nitrogens is 1. The van der Waals surface area contributed by atoms with Crippen molar-refractivity contribution >= 4 is 17.5 Å². The first-order valence-electron chi connectivity index (χ1n) is 8.07. The second kappa shape index (κ2) is 7.75. The summed E-state index contributed by atoms with van der Waals surface area (Å²) in [7, 11) is 0. The number of carbonyl (C=O) groups is 1. The Morgan fingerprint density at radius 3 is 2.87 bits per heavy atom. The molecule has 1 fully saturated rings. The topological polar surface area (TPSA) is 33.2 Å². The van der Waals surface area contributed by atoms with Crippen LogP contribution in [0.2, 0.25) is 0 Å². The Bertz CT molecular complexity index is 659. The average Bonchev–Trinajstić information content (AvgIpc) is 2.62. The van der Waals surface area contributed by atoms with Gasteiger partial charge in [0.05, 0.1) is 5.69 Å². The van der Waals surface area contributed by atoms with E-state index < -0.39 is 0 Å². The first-order chi connectivity index (χ1) is 11.3. The van der Waals surface area contributed by atoms with Crippen LogP contribution >= 0.6 is 11.8 Å². The molecule has 1 saturated heterocycles. The van der Waals surface area contributed by atoms with E-state index in [4.69, 9.17) is 0 Å². The average molecular weight is 326 g/mol. The molecule has 23 heavy (non-hydrogen) atoms. The van der Waals surface area contributed by atoms with Crippen molar-refractivity contribution in [3.8, 4) is 0 Å². The monoisotopic (exact) mass is 326 g/mol. The molecule has 0 bridgehead atoms. The molecule has 1 aromatic heterocycles. The molecule has 0 radical (unpaired) electrons. The van der Waals surface area contributed by atoms with E-state index in [9.17, 15) is 4.79 Å². The third-order valence-corrected chi connectivity index (χ3v) is 5.16. The van der Waals surface area contributed by atoms with Crippen molar-refractivity contribution in [1.29, 1.82) is 0 Å². The highest BCUT2D eigenvalue weighted by molar-refractivity contribution is 7.98. The van der Waals surface area contributed by atoms with Gasteiger partial charge in [0.2, 0.25) is 0 Å². The zero-order valence-electron chi connectivity index (χ0n) is 13.4. The van der Waals surface area contributed by atoms with Crippen LogP contribution in [0.5, 0.6) is 0 Å². The van der Waals surface area contributed by atoms with Gasteiger partial charge < -0.3 is 0 Å². The summed E-state index contributed by atoms with van der Waals surface area (Å²) in [5.74, 6) is 0.390. The summed E-state index contributed by atoms with van der Waals surface area (Å²) in [6, 6.07) is 14.0. The fourth-order valence-electron chi connectivity index (χ4n) is 3.20. The van der Waals surface area contributed by atoms with Crippen molar-refractivity contribution in [2.24, 2.45) is 5.92 Å². The van der Waals surface area contributed by atoms with Crippen LogP contribution in [-0.4, -0.2) is 35.0 Å². The third kappa shape index (κ3) is 4.01. The second-order valence-electron chi connectivity index (χ2n) is 5.96. The van der Waals surface area contributed by atoms with E-state index in [1.54, 1.807) is 11.8 Å². The van der Waals surface area contributed by atoms with Crippen molar-refractivity contribution < 1.29 is 4.79 Å². The minimum absolute atomic E-state index is 0.0979. The van der Waals surface area contributed by atoms with Gasteiger partial charge in [0, 0.05) is 35.7 Å². The van der Waals surface area contributed by atoms with Crippen molar-refractivity contribution in [2.45, 2.75) is 24.3 Å². The van der Waals surface area contributed by atoms with Gasteiger partial charge >= 0.3 is 0 Å². The van der Waals surface area contributed by atoms with Crippen molar-refractivity contribution in [1.82, 2.24) is 9.88 Å². The van der Waals surface area contributed by atoms with Gasteiger partial charge in [0.1, 0.15) is 0 Å². The van der Waals surface area contributed by atoms with E-state index in [0.717, 1.165) is 48.6 Å². The summed E-state index contributed by atoms with van der Waals surface area (Å²) in [5.41, 5.74) is 1.95. The van der Waals surface area contributed by atoms with Gasteiger partial charge in [-0.2, -0.15) is 0 Å². The molecule has 4 heteroatoms. The number of hydrogen-bond donors (Lipinski definition) is 0. The lowest BCUT2D eigenvalue weighted by Gasteiger charge is -2.32. The van der Waals surface area contributed by atoms with E-state index in [2.05, 4.69) is 16.0 Å². The minimum Gasteiger partial charge on any atom is -0.297 e. The summed E-state index contributed by atoms with van der Waals surface area (Å²) in [6.45, 7) is 2.71. The third-order valence-electron chi connectivity index (χ3n) is 4.36. The molecule has 1 aliphatic rings. The van der Waals surface area contributed by atoms with Crippen LogP contribution in [0.3, 0.4) is 0 Å². The van der Waals surface area contributed by atoms with E-state index >= 15 is 0 Å². The van der Waals surface area contributed by atoms with Gasteiger partial charge in [-0.25, -0.2) is 0 Å². The molecule has 0 unspecified atom stereocenters. The maximum Gasteiger partial charge on any atom is 0.168 e. The van der Waals surface area contributed by atoms with Crippen LogP contribution in [0.1, 0.15) is 28.9 Å². The van der Waals surface area contributed by atoms with Crippen molar-refractivity contribution in [3.63, 3.8) is 0 Å². The molecule has 0 spiro atoms. The number of pyridine rings is 1. The molecule has 2 heterocycles. The lowest BCUT2D eigenvalue weighted by atomic mass is 9.90. The molecule has 0 amide bonds. The van der Waals surface area contributed by atoms with Crippen LogP contribution in [0.15, 0.2) is 53.6 Å². The molecule has 3 rings (SSSR count). The number of likely N-dealkylation sites (tertiary alicyclic amines) is 1. The largest absolute Gasteiger partial charge is 0.297 e. The van der Waals surface area contributed by atoms with Crippen molar-refractivity contribution in [3.05, 3.63) is 59.9 Å². The van der Waals surface area contributed by atoms with Crippen molar-refractivity contribution in [2.75, 3.05) is 19.3 Å². The molecule has 1 aliphatic heterocycles. The smallest absolute Gasteiger partial charge is 0.168 e. The van der Waals surface area contributed by atoms with Crippen LogP contribution in [0.4, 0.5) is 0 Å². The van der Waals surface area contributed by atoms with Gasteiger partial charge in [0.25, 0.3) is 0 Å². The maximum atomic E-state index is 12.9. The number of rotatable bonds is 5. The quantitative estimate of drug-likeness (QED) is 0.616. The van der Waals surface area contributed by atoms with Gasteiger partial charge in [-0.05, 0) is 43.8 Å². The summed E-state index contributed by atoms with van der Waals surface area (Å²) < 4.78 is 0. The van der Waals surface area contributed by atoms with Crippen LogP contribution in [0, 0.1) is 5.92 Å². The molecular weight excluding hydrogens is 304 g/mol. The SMILES string of the molecule is CSc1ccccc1C(=O)[C@H]1CCCN(Cc2ccccn2)C1. The number of nitrogens with zero attached hydrogens (tertiary/aromatic N) is 2. The second-order valence-corrected chi connectivity index (χ2v) is 6.81. The number of thioether (sulfide) groups is 1. The number of hydrogen-bond acceptors (Lipinski definition) is 4. The Hall–Kier alpha value is -1.65. The highest BCUT2D eigenvalue weighted by atomic mass is 32.2. The fourth-order valence-corrected chi connectivity index (χ4v) is 3.81. The lowest BCUT2D eigenvalue weighted by Crippen LogP contribution is -2.38. The maximum absolute atomic E-state index is 12.9. The van der Waals surface area contributed by atoms with E-state index in [0.29, 0.717) is 5.78 Å². The zero-order valence-corrected chi connectivity index (χ0v) is 14.3. The Balaban J connectivity index is 1.69. The number of benzene rings is 1. The van der Waals surface area contributed by atoms with Gasteiger partial charge in [-0.3, -0.25) is 14.7 Å².